The van der Waals surface area contributed by atoms with E-state index in [1.54, 1.807) is 0 Å². The van der Waals surface area contributed by atoms with Gasteiger partial charge in [-0.25, -0.2) is 9.59 Å². The summed E-state index contributed by atoms with van der Waals surface area (Å²) in [5, 5.41) is 2.62. The number of carbonyl (C=O) groups is 2. The van der Waals surface area contributed by atoms with Crippen molar-refractivity contribution in [1.29, 1.82) is 0 Å². The molecule has 1 saturated carbocycles. The quantitative estimate of drug-likeness (QED) is 0.740. The predicted molar refractivity (Wildman–Crippen MR) is 62.0 cm³/mol. The summed E-state index contributed by atoms with van der Waals surface area (Å²) in [7, 11) is 1.30. The molecule has 2 atom stereocenters. The molecule has 0 radical (unpaired) electrons. The first-order chi connectivity index (χ1) is 8.04. The highest BCUT2D eigenvalue weighted by Gasteiger charge is 2.51. The van der Waals surface area contributed by atoms with Crippen LogP contribution in [-0.2, 0) is 9.53 Å². The first-order valence-electron chi connectivity index (χ1n) is 6.06. The summed E-state index contributed by atoms with van der Waals surface area (Å²) in [6, 6.07) is -0.491. The molecule has 1 fully saturated rings. The second kappa shape index (κ2) is 4.47. The molecule has 0 saturated heterocycles. The Morgan fingerprint density at radius 1 is 1.47 bits per heavy atom. The highest BCUT2D eigenvalue weighted by molar-refractivity contribution is 6.01. The van der Waals surface area contributed by atoms with Crippen molar-refractivity contribution in [2.75, 3.05) is 13.7 Å². The minimum absolute atomic E-state index is 0.000370. The Hall–Kier alpha value is -1.39. The van der Waals surface area contributed by atoms with Crippen LogP contribution in [0.4, 0.5) is 4.79 Å². The maximum Gasteiger partial charge on any atom is 0.409 e. The topological polar surface area (TPSA) is 58.4 Å². The van der Waals surface area contributed by atoms with Crippen LogP contribution in [0.1, 0.15) is 26.7 Å². The van der Waals surface area contributed by atoms with E-state index in [1.807, 2.05) is 18.4 Å². The molecule has 17 heavy (non-hydrogen) atoms. The molecular formula is C12H19N2O3+. The van der Waals surface area contributed by atoms with E-state index in [-0.39, 0.29) is 11.8 Å². The Kier molecular flexibility index (Phi) is 3.17. The van der Waals surface area contributed by atoms with Crippen molar-refractivity contribution in [3.63, 3.8) is 0 Å². The van der Waals surface area contributed by atoms with Gasteiger partial charge < -0.3 is 10.1 Å². The van der Waals surface area contributed by atoms with Crippen LogP contribution >= 0.6 is 0 Å². The van der Waals surface area contributed by atoms with Crippen molar-refractivity contribution in [2.24, 2.45) is 11.8 Å². The molecule has 5 heteroatoms. The van der Waals surface area contributed by atoms with Crippen molar-refractivity contribution in [2.45, 2.75) is 32.7 Å². The van der Waals surface area contributed by atoms with Gasteiger partial charge in [-0.1, -0.05) is 13.8 Å². The molecule has 1 heterocycles. The normalized spacial score (nSPS) is 23.4. The molecule has 1 aliphatic carbocycles. The highest BCUT2D eigenvalue weighted by atomic mass is 16.5. The van der Waals surface area contributed by atoms with Gasteiger partial charge in [-0.2, -0.15) is 4.58 Å². The van der Waals surface area contributed by atoms with Crippen molar-refractivity contribution >= 4 is 17.7 Å². The van der Waals surface area contributed by atoms with Gasteiger partial charge in [0, 0.05) is 12.8 Å². The number of nitrogens with one attached hydrogen (secondary N) is 1. The first-order valence-corrected chi connectivity index (χ1v) is 6.06. The number of fused-ring (bicyclic) bond motifs is 1. The number of nitrogens with zero attached hydrogens (tertiary/aromatic N) is 1. The largest absolute Gasteiger partial charge is 0.453 e. The predicted octanol–water partition coefficient (Wildman–Crippen LogP) is 0.771. The van der Waals surface area contributed by atoms with Crippen LogP contribution in [-0.4, -0.2) is 42.0 Å². The van der Waals surface area contributed by atoms with Crippen LogP contribution in [0.5, 0.6) is 0 Å². The number of hydrogen-bond donors (Lipinski definition) is 1. The fraction of sp³-hybridized carbons (Fsp3) is 0.750. The average molecular weight is 239 g/mol. The lowest BCUT2D eigenvalue weighted by molar-refractivity contribution is -0.444. The lowest BCUT2D eigenvalue weighted by Gasteiger charge is -2.17. The van der Waals surface area contributed by atoms with E-state index >= 15 is 0 Å². The minimum Gasteiger partial charge on any atom is -0.453 e. The average Bonchev–Trinajstić information content (AvgIpc) is 2.96. The van der Waals surface area contributed by atoms with E-state index < -0.39 is 12.1 Å². The number of carbonyl (C=O) groups excluding carboxylic acids is 2. The Balaban J connectivity index is 2.08. The van der Waals surface area contributed by atoms with Crippen molar-refractivity contribution in [3.8, 4) is 0 Å². The summed E-state index contributed by atoms with van der Waals surface area (Å²) in [5.41, 5.74) is 1.24. The van der Waals surface area contributed by atoms with Gasteiger partial charge >= 0.3 is 12.0 Å². The maximum absolute atomic E-state index is 12.3. The number of amides is 2. The number of hydrogen-bond acceptors (Lipinski definition) is 3. The number of ether oxygens (including phenoxy) is 1. The van der Waals surface area contributed by atoms with Crippen LogP contribution in [0.2, 0.25) is 0 Å². The molecule has 1 N–H and O–H groups in total. The monoisotopic (exact) mass is 239 g/mol. The van der Waals surface area contributed by atoms with Crippen LogP contribution < -0.4 is 5.32 Å². The lowest BCUT2D eigenvalue weighted by atomic mass is 10.0. The Morgan fingerprint density at radius 3 is 2.59 bits per heavy atom. The Bertz CT molecular complexity index is 387. The van der Waals surface area contributed by atoms with E-state index in [0.29, 0.717) is 5.92 Å². The second-order valence-corrected chi connectivity index (χ2v) is 5.03. The molecule has 2 amide bonds. The van der Waals surface area contributed by atoms with E-state index in [4.69, 9.17) is 0 Å². The molecule has 0 bridgehead atoms. The number of methoxy groups -OCH3 is 1. The molecule has 0 aromatic heterocycles. The van der Waals surface area contributed by atoms with Gasteiger partial charge in [0.2, 0.25) is 0 Å². The number of alkyl carbamates (subject to hydrolysis) is 1. The molecule has 94 valence electrons. The van der Waals surface area contributed by atoms with Gasteiger partial charge in [-0.15, -0.1) is 0 Å². The zero-order valence-corrected chi connectivity index (χ0v) is 10.5. The Morgan fingerprint density at radius 2 is 2.18 bits per heavy atom. The summed E-state index contributed by atoms with van der Waals surface area (Å²) in [5.74, 6) is 0.685. The standard InChI is InChI=1S/C12H18N2O3/c1-7(2)10(13-12(16)17-3)11(15)14-5-4-8-6-9(8)14/h7-8,10H,4-6H2,1-3H3/p+1. The van der Waals surface area contributed by atoms with Crippen LogP contribution in [0.3, 0.4) is 0 Å². The first kappa shape index (κ1) is 12.1. The van der Waals surface area contributed by atoms with Gasteiger partial charge in [-0.3, -0.25) is 0 Å². The summed E-state index contributed by atoms with van der Waals surface area (Å²) in [6.07, 6.45) is 1.58. The third-order valence-corrected chi connectivity index (χ3v) is 3.47. The molecule has 5 nitrogen and oxygen atoms in total. The molecule has 1 aliphatic heterocycles. The van der Waals surface area contributed by atoms with Crippen molar-refractivity contribution in [1.82, 2.24) is 5.32 Å². The third kappa shape index (κ3) is 2.33. The molecule has 2 unspecified atom stereocenters. The molecule has 2 rings (SSSR count). The smallest absolute Gasteiger partial charge is 0.409 e. The van der Waals surface area contributed by atoms with Crippen LogP contribution in [0.15, 0.2) is 0 Å². The molecule has 0 aromatic rings. The lowest BCUT2D eigenvalue weighted by Crippen LogP contribution is -2.48. The molecule has 0 aromatic carbocycles. The van der Waals surface area contributed by atoms with E-state index in [0.717, 1.165) is 19.4 Å². The minimum atomic E-state index is -0.548. The van der Waals surface area contributed by atoms with E-state index in [2.05, 4.69) is 10.1 Å². The van der Waals surface area contributed by atoms with Gasteiger partial charge in [0.25, 0.3) is 0 Å². The van der Waals surface area contributed by atoms with E-state index in [9.17, 15) is 9.59 Å². The molecule has 2 aliphatic rings. The van der Waals surface area contributed by atoms with Gasteiger partial charge in [0.15, 0.2) is 18.3 Å². The molecular weight excluding hydrogens is 220 g/mol. The summed E-state index contributed by atoms with van der Waals surface area (Å²) in [6.45, 7) is 4.64. The van der Waals surface area contributed by atoms with Crippen molar-refractivity contribution in [3.05, 3.63) is 0 Å². The second-order valence-electron chi connectivity index (χ2n) is 5.03. The van der Waals surface area contributed by atoms with Crippen LogP contribution in [0, 0.1) is 11.8 Å². The van der Waals surface area contributed by atoms with Gasteiger partial charge in [0.05, 0.1) is 13.0 Å². The third-order valence-electron chi connectivity index (χ3n) is 3.47. The van der Waals surface area contributed by atoms with Gasteiger partial charge in [-0.05, 0) is 5.92 Å². The van der Waals surface area contributed by atoms with E-state index in [1.165, 1.54) is 12.8 Å². The highest BCUT2D eigenvalue weighted by Crippen LogP contribution is 2.34. The van der Waals surface area contributed by atoms with Gasteiger partial charge in [0.1, 0.15) is 0 Å². The maximum atomic E-state index is 12.3. The number of rotatable bonds is 3. The fourth-order valence-electron chi connectivity index (χ4n) is 2.34. The zero-order valence-electron chi connectivity index (χ0n) is 10.5. The summed E-state index contributed by atoms with van der Waals surface area (Å²) in [4.78, 5) is 23.5. The summed E-state index contributed by atoms with van der Waals surface area (Å²) < 4.78 is 6.39. The van der Waals surface area contributed by atoms with Crippen LogP contribution in [0.25, 0.3) is 0 Å². The fourth-order valence-corrected chi connectivity index (χ4v) is 2.34. The summed E-state index contributed by atoms with van der Waals surface area (Å²) >= 11 is 0. The van der Waals surface area contributed by atoms with Crippen molar-refractivity contribution < 1.29 is 18.9 Å². The zero-order chi connectivity index (χ0) is 12.6. The molecule has 0 spiro atoms. The SMILES string of the molecule is COC(=O)NC(C(=O)[N+]1=C2CC2CC1)C(C)C. The Labute approximate surface area is 101 Å².